The third-order valence-electron chi connectivity index (χ3n) is 6.98. The smallest absolute Gasteiger partial charge is 0.317 e. The lowest BCUT2D eigenvalue weighted by molar-refractivity contribution is 0.117. The maximum atomic E-state index is 13.0. The molecule has 222 valence electrons. The second kappa shape index (κ2) is 15.7. The summed E-state index contributed by atoms with van der Waals surface area (Å²) in [6.45, 7) is 6.31. The van der Waals surface area contributed by atoms with Gasteiger partial charge in [0.1, 0.15) is 11.5 Å². The van der Waals surface area contributed by atoms with Crippen molar-refractivity contribution in [2.45, 2.75) is 45.2 Å². The van der Waals surface area contributed by atoms with E-state index in [9.17, 15) is 13.2 Å². The molecular formula is C31H41ClN4O4S. The molecule has 0 radical (unpaired) electrons. The van der Waals surface area contributed by atoms with E-state index in [-0.39, 0.29) is 24.5 Å². The van der Waals surface area contributed by atoms with Gasteiger partial charge in [-0.25, -0.2) is 13.2 Å². The van der Waals surface area contributed by atoms with E-state index in [1.807, 2.05) is 35.2 Å². The van der Waals surface area contributed by atoms with E-state index in [1.54, 1.807) is 24.3 Å². The van der Waals surface area contributed by atoms with E-state index in [4.69, 9.17) is 4.74 Å². The van der Waals surface area contributed by atoms with Gasteiger partial charge in [-0.3, -0.25) is 9.62 Å². The zero-order valence-corrected chi connectivity index (χ0v) is 25.4. The SMILES string of the molecule is CCCN(C(=O)NCCc1ccccc1)C1CCN(Cc2ccc(Oc3ccc(NS(C)(=O)=O)cc3)cc2)CC1.Cl. The molecule has 1 saturated heterocycles. The lowest BCUT2D eigenvalue weighted by Crippen LogP contribution is -2.51. The van der Waals surface area contributed by atoms with Gasteiger partial charge >= 0.3 is 6.03 Å². The molecule has 3 aromatic carbocycles. The highest BCUT2D eigenvalue weighted by Gasteiger charge is 2.27. The molecule has 0 saturated carbocycles. The average Bonchev–Trinajstić information content (AvgIpc) is 2.94. The zero-order chi connectivity index (χ0) is 28.4. The van der Waals surface area contributed by atoms with Gasteiger partial charge in [-0.2, -0.15) is 0 Å². The van der Waals surface area contributed by atoms with Crippen LogP contribution in [0.25, 0.3) is 0 Å². The van der Waals surface area contributed by atoms with Gasteiger partial charge in [0.05, 0.1) is 6.26 Å². The minimum Gasteiger partial charge on any atom is -0.457 e. The molecule has 1 aliphatic heterocycles. The number of rotatable bonds is 12. The van der Waals surface area contributed by atoms with Crippen LogP contribution in [0.15, 0.2) is 78.9 Å². The van der Waals surface area contributed by atoms with Gasteiger partial charge in [0, 0.05) is 44.5 Å². The van der Waals surface area contributed by atoms with E-state index in [1.165, 1.54) is 11.1 Å². The molecule has 2 amide bonds. The van der Waals surface area contributed by atoms with E-state index in [2.05, 4.69) is 46.1 Å². The number of hydrogen-bond acceptors (Lipinski definition) is 5. The summed E-state index contributed by atoms with van der Waals surface area (Å²) in [5.74, 6) is 1.36. The first kappa shape index (κ1) is 32.2. The number of piperidine rings is 1. The molecule has 0 bridgehead atoms. The molecule has 3 aromatic rings. The number of carbonyl (C=O) groups is 1. The van der Waals surface area contributed by atoms with Gasteiger partial charge in [-0.05, 0) is 73.2 Å². The van der Waals surface area contributed by atoms with Crippen molar-refractivity contribution in [2.75, 3.05) is 37.2 Å². The van der Waals surface area contributed by atoms with Gasteiger partial charge in [0.15, 0.2) is 0 Å². The summed E-state index contributed by atoms with van der Waals surface area (Å²) in [6.07, 6.45) is 4.84. The number of nitrogens with one attached hydrogen (secondary N) is 2. The van der Waals surface area contributed by atoms with Crippen molar-refractivity contribution in [2.24, 2.45) is 0 Å². The Labute approximate surface area is 250 Å². The summed E-state index contributed by atoms with van der Waals surface area (Å²) in [4.78, 5) is 17.5. The van der Waals surface area contributed by atoms with Crippen LogP contribution in [-0.2, 0) is 23.0 Å². The number of likely N-dealkylation sites (tertiary alicyclic amines) is 1. The lowest BCUT2D eigenvalue weighted by atomic mass is 10.0. The van der Waals surface area contributed by atoms with Crippen LogP contribution in [0.1, 0.15) is 37.3 Å². The maximum absolute atomic E-state index is 13.0. The first-order chi connectivity index (χ1) is 19.3. The number of benzene rings is 3. The molecule has 0 aromatic heterocycles. The summed E-state index contributed by atoms with van der Waals surface area (Å²) in [7, 11) is -3.31. The fourth-order valence-electron chi connectivity index (χ4n) is 5.00. The summed E-state index contributed by atoms with van der Waals surface area (Å²) < 4.78 is 31.1. The Hall–Kier alpha value is -3.27. The summed E-state index contributed by atoms with van der Waals surface area (Å²) in [6, 6.07) is 25.4. The Kier molecular flexibility index (Phi) is 12.3. The average molecular weight is 601 g/mol. The number of carbonyl (C=O) groups excluding carboxylic acids is 1. The van der Waals surface area contributed by atoms with Gasteiger partial charge in [0.25, 0.3) is 0 Å². The molecular weight excluding hydrogens is 560 g/mol. The monoisotopic (exact) mass is 600 g/mol. The quantitative estimate of drug-likeness (QED) is 0.270. The molecule has 4 rings (SSSR count). The fraction of sp³-hybridized carbons (Fsp3) is 0.387. The fourth-order valence-corrected chi connectivity index (χ4v) is 5.57. The lowest BCUT2D eigenvalue weighted by Gasteiger charge is -2.38. The summed E-state index contributed by atoms with van der Waals surface area (Å²) in [5.41, 5.74) is 2.94. The maximum Gasteiger partial charge on any atom is 0.317 e. The Bertz CT molecular complexity index is 1310. The predicted octanol–water partition coefficient (Wildman–Crippen LogP) is 5.90. The van der Waals surface area contributed by atoms with E-state index in [0.717, 1.165) is 63.9 Å². The topological polar surface area (TPSA) is 91.0 Å². The van der Waals surface area contributed by atoms with Crippen molar-refractivity contribution in [1.29, 1.82) is 0 Å². The number of sulfonamides is 1. The number of ether oxygens (including phenoxy) is 1. The minimum atomic E-state index is -3.31. The Morgan fingerprint density at radius 3 is 2.12 bits per heavy atom. The highest BCUT2D eigenvalue weighted by molar-refractivity contribution is 7.92. The minimum absolute atomic E-state index is 0. The van der Waals surface area contributed by atoms with Crippen LogP contribution in [0.5, 0.6) is 11.5 Å². The van der Waals surface area contributed by atoms with Crippen LogP contribution in [0.3, 0.4) is 0 Å². The third-order valence-corrected chi connectivity index (χ3v) is 7.59. The Morgan fingerprint density at radius 2 is 1.54 bits per heavy atom. The highest BCUT2D eigenvalue weighted by Crippen LogP contribution is 2.25. The number of urea groups is 1. The van der Waals surface area contributed by atoms with Crippen LogP contribution in [0, 0.1) is 0 Å². The normalized spacial score (nSPS) is 14.1. The van der Waals surface area contributed by atoms with Crippen molar-refractivity contribution in [1.82, 2.24) is 15.1 Å². The third kappa shape index (κ3) is 10.6. The van der Waals surface area contributed by atoms with Gasteiger partial charge in [-0.1, -0.05) is 49.4 Å². The summed E-state index contributed by atoms with van der Waals surface area (Å²) in [5, 5.41) is 3.13. The molecule has 0 aliphatic carbocycles. The van der Waals surface area contributed by atoms with Gasteiger partial charge in [0.2, 0.25) is 10.0 Å². The second-order valence-electron chi connectivity index (χ2n) is 10.3. The molecule has 0 atom stereocenters. The predicted molar refractivity (Wildman–Crippen MR) is 168 cm³/mol. The van der Waals surface area contributed by atoms with Crippen LogP contribution >= 0.6 is 12.4 Å². The number of hydrogen-bond donors (Lipinski definition) is 2. The molecule has 1 aliphatic rings. The Morgan fingerprint density at radius 1 is 0.927 bits per heavy atom. The van der Waals surface area contributed by atoms with E-state index >= 15 is 0 Å². The van der Waals surface area contributed by atoms with E-state index < -0.39 is 10.0 Å². The number of nitrogens with zero attached hydrogens (tertiary/aromatic N) is 2. The summed E-state index contributed by atoms with van der Waals surface area (Å²) >= 11 is 0. The first-order valence-corrected chi connectivity index (χ1v) is 15.8. The van der Waals surface area contributed by atoms with Crippen LogP contribution in [-0.4, -0.2) is 62.7 Å². The molecule has 1 fully saturated rings. The van der Waals surface area contributed by atoms with Crippen molar-refractivity contribution in [3.8, 4) is 11.5 Å². The van der Waals surface area contributed by atoms with Crippen molar-refractivity contribution in [3.05, 3.63) is 90.0 Å². The molecule has 0 spiro atoms. The van der Waals surface area contributed by atoms with Crippen molar-refractivity contribution >= 4 is 34.1 Å². The van der Waals surface area contributed by atoms with Crippen molar-refractivity contribution < 1.29 is 17.9 Å². The van der Waals surface area contributed by atoms with Gasteiger partial charge < -0.3 is 15.0 Å². The number of amides is 2. The number of halogens is 1. The highest BCUT2D eigenvalue weighted by atomic mass is 35.5. The largest absolute Gasteiger partial charge is 0.457 e. The van der Waals surface area contributed by atoms with E-state index in [0.29, 0.717) is 18.0 Å². The number of anilines is 1. The first-order valence-electron chi connectivity index (χ1n) is 13.9. The second-order valence-corrected chi connectivity index (χ2v) is 12.1. The van der Waals surface area contributed by atoms with Crippen LogP contribution in [0.2, 0.25) is 0 Å². The van der Waals surface area contributed by atoms with Crippen molar-refractivity contribution in [3.63, 3.8) is 0 Å². The van der Waals surface area contributed by atoms with Crippen LogP contribution in [0.4, 0.5) is 10.5 Å². The Balaban J connectivity index is 0.00000462. The van der Waals surface area contributed by atoms with Gasteiger partial charge in [-0.15, -0.1) is 12.4 Å². The zero-order valence-electron chi connectivity index (χ0n) is 23.8. The molecule has 8 nitrogen and oxygen atoms in total. The molecule has 10 heteroatoms. The molecule has 2 N–H and O–H groups in total. The molecule has 41 heavy (non-hydrogen) atoms. The standard InChI is InChI=1S/C31H40N4O4S.ClH/c1-3-21-35(31(36)32-20-17-25-7-5-4-6-8-25)28-18-22-34(23-19-28)24-26-9-13-29(14-10-26)39-30-15-11-27(12-16-30)33-40(2,37)38;/h4-16,28,33H,3,17-24H2,1-2H3,(H,32,36);1H. The molecule has 0 unspecified atom stereocenters. The molecule has 1 heterocycles. The van der Waals surface area contributed by atoms with Crippen LogP contribution < -0.4 is 14.8 Å².